The minimum atomic E-state index is -0.224. The third kappa shape index (κ3) is 3.04. The molecule has 0 atom stereocenters. The van der Waals surface area contributed by atoms with Gasteiger partial charge in [0.2, 0.25) is 0 Å². The second-order valence-electron chi connectivity index (χ2n) is 4.08. The molecule has 0 saturated heterocycles. The third-order valence-corrected chi connectivity index (χ3v) is 2.83. The van der Waals surface area contributed by atoms with Crippen molar-refractivity contribution < 1.29 is 9.59 Å². The fourth-order valence-electron chi connectivity index (χ4n) is 1.88. The molecule has 1 aromatic rings. The molecule has 0 aliphatic rings. The van der Waals surface area contributed by atoms with Crippen molar-refractivity contribution >= 4 is 11.6 Å². The molecule has 0 amide bonds. The average Bonchev–Trinajstić information content (AvgIpc) is 2.42. The van der Waals surface area contributed by atoms with Gasteiger partial charge in [0.1, 0.15) is 0 Å². The minimum Gasteiger partial charge on any atom is -0.289 e. The summed E-state index contributed by atoms with van der Waals surface area (Å²) in [5.41, 5.74) is 1.81. The molecule has 0 N–H and O–H groups in total. The van der Waals surface area contributed by atoms with Gasteiger partial charge in [0.15, 0.2) is 11.6 Å². The van der Waals surface area contributed by atoms with Gasteiger partial charge < -0.3 is 0 Å². The summed E-state index contributed by atoms with van der Waals surface area (Å²) < 4.78 is 0. The van der Waals surface area contributed by atoms with Crippen LogP contribution in [-0.4, -0.2) is 11.6 Å². The molecule has 2 nitrogen and oxygen atoms in total. The molecule has 0 aromatic heterocycles. The molecule has 0 bridgehead atoms. The summed E-state index contributed by atoms with van der Waals surface area (Å²) in [7, 11) is 0. The Balaban J connectivity index is 3.34. The van der Waals surface area contributed by atoms with Crippen LogP contribution in [0.15, 0.2) is 43.5 Å². The SMILES string of the molecule is C=CC(=O)c1cccc(CCCC)c1C(=O)C=C. The molecule has 0 aliphatic carbocycles. The normalized spacial score (nSPS) is 9.83. The maximum atomic E-state index is 11.9. The van der Waals surface area contributed by atoms with Crippen molar-refractivity contribution in [3.05, 3.63) is 60.2 Å². The van der Waals surface area contributed by atoms with Crippen LogP contribution < -0.4 is 0 Å². The van der Waals surface area contributed by atoms with Crippen LogP contribution in [0, 0.1) is 0 Å². The van der Waals surface area contributed by atoms with Crippen LogP contribution in [-0.2, 0) is 6.42 Å². The van der Waals surface area contributed by atoms with Gasteiger partial charge in [0.05, 0.1) is 0 Å². The van der Waals surface area contributed by atoms with Gasteiger partial charge in [-0.25, -0.2) is 0 Å². The average molecular weight is 242 g/mol. The highest BCUT2D eigenvalue weighted by atomic mass is 16.1. The smallest absolute Gasteiger partial charge is 0.186 e. The van der Waals surface area contributed by atoms with E-state index in [2.05, 4.69) is 20.1 Å². The van der Waals surface area contributed by atoms with Crippen LogP contribution in [0.5, 0.6) is 0 Å². The van der Waals surface area contributed by atoms with Gasteiger partial charge in [-0.3, -0.25) is 9.59 Å². The van der Waals surface area contributed by atoms with Crippen LogP contribution in [0.4, 0.5) is 0 Å². The first-order valence-electron chi connectivity index (χ1n) is 6.11. The number of allylic oxidation sites excluding steroid dienone is 2. The molecule has 1 aromatic carbocycles. The summed E-state index contributed by atoms with van der Waals surface area (Å²) in [5.74, 6) is -0.426. The van der Waals surface area contributed by atoms with E-state index in [1.165, 1.54) is 12.2 Å². The van der Waals surface area contributed by atoms with Crippen molar-refractivity contribution in [3.63, 3.8) is 0 Å². The standard InChI is InChI=1S/C16H18O2/c1-4-7-9-12-10-8-11-13(14(17)5-2)16(12)15(18)6-3/h5-6,8,10-11H,2-4,7,9H2,1H3. The molecule has 0 radical (unpaired) electrons. The summed E-state index contributed by atoms with van der Waals surface area (Å²) in [6.45, 7) is 9.06. The van der Waals surface area contributed by atoms with E-state index >= 15 is 0 Å². The predicted molar refractivity (Wildman–Crippen MR) is 74.1 cm³/mol. The number of benzene rings is 1. The molecular formula is C16H18O2. The van der Waals surface area contributed by atoms with E-state index < -0.39 is 0 Å². The van der Waals surface area contributed by atoms with Crippen LogP contribution in [0.2, 0.25) is 0 Å². The van der Waals surface area contributed by atoms with Gasteiger partial charge in [-0.15, -0.1) is 0 Å². The lowest BCUT2D eigenvalue weighted by atomic mass is 9.92. The fourth-order valence-corrected chi connectivity index (χ4v) is 1.88. The molecule has 0 unspecified atom stereocenters. The molecule has 0 heterocycles. The molecule has 18 heavy (non-hydrogen) atoms. The highest BCUT2D eigenvalue weighted by Crippen LogP contribution is 2.19. The van der Waals surface area contributed by atoms with Gasteiger partial charge in [0.25, 0.3) is 0 Å². The Kier molecular flexibility index (Phi) is 5.25. The van der Waals surface area contributed by atoms with Crippen molar-refractivity contribution in [2.24, 2.45) is 0 Å². The Morgan fingerprint density at radius 1 is 1.17 bits per heavy atom. The number of aryl methyl sites for hydroxylation is 1. The van der Waals surface area contributed by atoms with Gasteiger partial charge in [-0.1, -0.05) is 44.7 Å². The van der Waals surface area contributed by atoms with Crippen LogP contribution in [0.3, 0.4) is 0 Å². The molecular weight excluding hydrogens is 224 g/mol. The number of hydrogen-bond acceptors (Lipinski definition) is 2. The third-order valence-electron chi connectivity index (χ3n) is 2.83. The Hall–Kier alpha value is -1.96. The van der Waals surface area contributed by atoms with Crippen LogP contribution in [0.25, 0.3) is 0 Å². The Morgan fingerprint density at radius 2 is 1.83 bits per heavy atom. The van der Waals surface area contributed by atoms with Crippen LogP contribution in [0.1, 0.15) is 46.0 Å². The van der Waals surface area contributed by atoms with Crippen LogP contribution >= 0.6 is 0 Å². The number of unbranched alkanes of at least 4 members (excludes halogenated alkanes) is 1. The molecule has 0 fully saturated rings. The van der Waals surface area contributed by atoms with E-state index in [-0.39, 0.29) is 11.6 Å². The summed E-state index contributed by atoms with van der Waals surface area (Å²) in [6, 6.07) is 5.37. The number of carbonyl (C=O) groups excluding carboxylic acids is 2. The van der Waals surface area contributed by atoms with Crippen molar-refractivity contribution in [1.82, 2.24) is 0 Å². The lowest BCUT2D eigenvalue weighted by molar-refractivity contribution is 0.101. The lowest BCUT2D eigenvalue weighted by Crippen LogP contribution is -2.09. The zero-order valence-electron chi connectivity index (χ0n) is 10.7. The topological polar surface area (TPSA) is 34.1 Å². The molecule has 94 valence electrons. The van der Waals surface area contributed by atoms with E-state index in [0.29, 0.717) is 11.1 Å². The van der Waals surface area contributed by atoms with E-state index in [1.54, 1.807) is 6.07 Å². The Bertz CT molecular complexity index is 484. The first-order valence-corrected chi connectivity index (χ1v) is 6.11. The maximum absolute atomic E-state index is 11.9. The van der Waals surface area contributed by atoms with E-state index in [9.17, 15) is 9.59 Å². The van der Waals surface area contributed by atoms with Gasteiger partial charge in [-0.05, 0) is 30.6 Å². The second-order valence-corrected chi connectivity index (χ2v) is 4.08. The lowest BCUT2D eigenvalue weighted by Gasteiger charge is -2.10. The number of hydrogen-bond donors (Lipinski definition) is 0. The Labute approximate surface area is 108 Å². The molecule has 0 saturated carbocycles. The largest absolute Gasteiger partial charge is 0.289 e. The molecule has 0 aliphatic heterocycles. The summed E-state index contributed by atoms with van der Waals surface area (Å²) in [4.78, 5) is 23.7. The zero-order valence-corrected chi connectivity index (χ0v) is 10.7. The first-order chi connectivity index (χ1) is 8.65. The molecule has 0 spiro atoms. The number of ketones is 2. The monoisotopic (exact) mass is 242 g/mol. The van der Waals surface area contributed by atoms with Crippen molar-refractivity contribution in [1.29, 1.82) is 0 Å². The van der Waals surface area contributed by atoms with Crippen molar-refractivity contribution in [2.75, 3.05) is 0 Å². The van der Waals surface area contributed by atoms with Gasteiger partial charge >= 0.3 is 0 Å². The Morgan fingerprint density at radius 3 is 2.39 bits per heavy atom. The quantitative estimate of drug-likeness (QED) is 0.539. The second kappa shape index (κ2) is 6.70. The van der Waals surface area contributed by atoms with Crippen molar-refractivity contribution in [2.45, 2.75) is 26.2 Å². The fraction of sp³-hybridized carbons (Fsp3) is 0.250. The number of rotatable bonds is 7. The van der Waals surface area contributed by atoms with Gasteiger partial charge in [0, 0.05) is 11.1 Å². The van der Waals surface area contributed by atoms with E-state index in [1.807, 2.05) is 12.1 Å². The highest BCUT2D eigenvalue weighted by Gasteiger charge is 2.16. The summed E-state index contributed by atoms with van der Waals surface area (Å²) >= 11 is 0. The summed E-state index contributed by atoms with van der Waals surface area (Å²) in [6.07, 6.45) is 5.32. The zero-order chi connectivity index (χ0) is 13.5. The van der Waals surface area contributed by atoms with E-state index in [4.69, 9.17) is 0 Å². The maximum Gasteiger partial charge on any atom is 0.186 e. The molecule has 1 rings (SSSR count). The highest BCUT2D eigenvalue weighted by molar-refractivity contribution is 6.16. The first kappa shape index (κ1) is 14.1. The van der Waals surface area contributed by atoms with Crippen molar-refractivity contribution in [3.8, 4) is 0 Å². The predicted octanol–water partition coefficient (Wildman–Crippen LogP) is 3.77. The number of carbonyl (C=O) groups is 2. The van der Waals surface area contributed by atoms with E-state index in [0.717, 1.165) is 24.8 Å². The van der Waals surface area contributed by atoms with Gasteiger partial charge in [-0.2, -0.15) is 0 Å². The molecule has 2 heteroatoms. The minimum absolute atomic E-state index is 0.202. The summed E-state index contributed by atoms with van der Waals surface area (Å²) in [5, 5.41) is 0.